The van der Waals surface area contributed by atoms with Crippen LogP contribution in [0.4, 0.5) is 5.69 Å². The second-order valence-electron chi connectivity index (χ2n) is 6.39. The first kappa shape index (κ1) is 17.7. The molecule has 0 N–H and O–H groups in total. The molecule has 0 bridgehead atoms. The molecule has 0 saturated carbocycles. The Hall–Kier alpha value is -3.74. The van der Waals surface area contributed by atoms with Crippen LogP contribution in [0.25, 0.3) is 11.1 Å². The molecule has 0 atom stereocenters. The zero-order valence-corrected chi connectivity index (χ0v) is 14.9. The molecule has 28 heavy (non-hydrogen) atoms. The van der Waals surface area contributed by atoms with Gasteiger partial charge in [0, 0.05) is 29.5 Å². The Morgan fingerprint density at radius 2 is 1.82 bits per heavy atom. The Morgan fingerprint density at radius 1 is 1.07 bits per heavy atom. The fourth-order valence-electron chi connectivity index (χ4n) is 3.24. The monoisotopic (exact) mass is 375 g/mol. The van der Waals surface area contributed by atoms with Crippen molar-refractivity contribution >= 4 is 11.6 Å². The molecule has 0 saturated heterocycles. The number of fused-ring (bicyclic) bond motifs is 1. The molecular weight excluding hydrogens is 358 g/mol. The fraction of sp³-hybridized carbons (Fsp3) is 0.143. The summed E-state index contributed by atoms with van der Waals surface area (Å²) in [7, 11) is 0. The first-order valence-electron chi connectivity index (χ1n) is 8.83. The Kier molecular flexibility index (Phi) is 4.72. The Morgan fingerprint density at radius 3 is 2.54 bits per heavy atom. The Bertz CT molecular complexity index is 1020. The molecule has 0 fully saturated rings. The highest BCUT2D eigenvalue weighted by Crippen LogP contribution is 2.32. The largest absolute Gasteiger partial charge is 0.476 e. The lowest BCUT2D eigenvalue weighted by molar-refractivity contribution is -0.384. The fourth-order valence-corrected chi connectivity index (χ4v) is 3.24. The van der Waals surface area contributed by atoms with Crippen molar-refractivity contribution < 1.29 is 14.5 Å². The third-order valence-electron chi connectivity index (χ3n) is 4.66. The van der Waals surface area contributed by atoms with E-state index in [2.05, 4.69) is 4.98 Å². The Labute approximate surface area is 161 Å². The van der Waals surface area contributed by atoms with E-state index < -0.39 is 4.92 Å². The third-order valence-corrected chi connectivity index (χ3v) is 4.66. The molecule has 0 aliphatic carbocycles. The second kappa shape index (κ2) is 7.48. The minimum atomic E-state index is -0.484. The summed E-state index contributed by atoms with van der Waals surface area (Å²) in [4.78, 5) is 29.3. The van der Waals surface area contributed by atoms with Gasteiger partial charge < -0.3 is 9.64 Å². The smallest absolute Gasteiger partial charge is 0.269 e. The minimum absolute atomic E-state index is 0.0448. The van der Waals surface area contributed by atoms with Crippen molar-refractivity contribution in [1.82, 2.24) is 9.88 Å². The maximum absolute atomic E-state index is 13.0. The number of non-ortho nitro benzene ring substituents is 1. The third kappa shape index (κ3) is 3.42. The zero-order chi connectivity index (χ0) is 19.5. The van der Waals surface area contributed by atoms with E-state index in [-0.39, 0.29) is 11.6 Å². The molecule has 7 nitrogen and oxygen atoms in total. The number of hydrogen-bond donors (Lipinski definition) is 0. The van der Waals surface area contributed by atoms with Gasteiger partial charge in [0.2, 0.25) is 5.88 Å². The maximum atomic E-state index is 13.0. The molecule has 0 spiro atoms. The van der Waals surface area contributed by atoms with E-state index in [4.69, 9.17) is 4.74 Å². The number of pyridine rings is 1. The number of hydrogen-bond acceptors (Lipinski definition) is 5. The van der Waals surface area contributed by atoms with Gasteiger partial charge in [0.1, 0.15) is 6.61 Å². The number of aromatic nitrogens is 1. The van der Waals surface area contributed by atoms with Crippen LogP contribution in [0, 0.1) is 10.1 Å². The van der Waals surface area contributed by atoms with E-state index >= 15 is 0 Å². The molecule has 1 aromatic heterocycles. The van der Waals surface area contributed by atoms with Gasteiger partial charge in [0.05, 0.1) is 18.0 Å². The van der Waals surface area contributed by atoms with Crippen LogP contribution in [0.15, 0.2) is 66.9 Å². The van der Waals surface area contributed by atoms with E-state index in [1.54, 1.807) is 11.1 Å². The molecule has 1 aliphatic heterocycles. The molecular formula is C21H17N3O4. The predicted octanol–water partition coefficient (Wildman–Crippen LogP) is 3.69. The van der Waals surface area contributed by atoms with Crippen LogP contribution >= 0.6 is 0 Å². The summed E-state index contributed by atoms with van der Waals surface area (Å²) < 4.78 is 5.78. The molecule has 2 heterocycles. The summed E-state index contributed by atoms with van der Waals surface area (Å²) >= 11 is 0. The normalized spacial score (nSPS) is 13.2. The molecule has 140 valence electrons. The standard InChI is InChI=1S/C21H17N3O4/c25-21(16-6-8-17(9-7-16)24(26)27)23-12-13-28-20-19(14-23)18(10-11-22-20)15-4-2-1-3-5-15/h1-11H,12-14H2. The van der Waals surface area contributed by atoms with E-state index in [1.807, 2.05) is 36.4 Å². The molecule has 2 aromatic carbocycles. The molecule has 7 heteroatoms. The number of carbonyl (C=O) groups excluding carboxylic acids is 1. The molecule has 0 unspecified atom stereocenters. The number of carbonyl (C=O) groups is 1. The van der Waals surface area contributed by atoms with Crippen molar-refractivity contribution in [1.29, 1.82) is 0 Å². The van der Waals surface area contributed by atoms with Crippen molar-refractivity contribution in [2.24, 2.45) is 0 Å². The predicted molar refractivity (Wildman–Crippen MR) is 103 cm³/mol. The minimum Gasteiger partial charge on any atom is -0.476 e. The van der Waals surface area contributed by atoms with E-state index in [1.165, 1.54) is 24.3 Å². The van der Waals surface area contributed by atoms with Crippen LogP contribution in [0.3, 0.4) is 0 Å². The first-order chi connectivity index (χ1) is 13.6. The summed E-state index contributed by atoms with van der Waals surface area (Å²) in [5.41, 5.74) is 3.20. The van der Waals surface area contributed by atoms with Crippen LogP contribution in [-0.2, 0) is 6.54 Å². The van der Waals surface area contributed by atoms with Crippen molar-refractivity contribution in [3.05, 3.63) is 88.1 Å². The number of nitro groups is 1. The lowest BCUT2D eigenvalue weighted by Crippen LogP contribution is -2.32. The zero-order valence-electron chi connectivity index (χ0n) is 14.9. The summed E-state index contributed by atoms with van der Waals surface area (Å²) in [5, 5.41) is 10.8. The van der Waals surface area contributed by atoms with Crippen LogP contribution in [0.2, 0.25) is 0 Å². The molecule has 4 rings (SSSR count). The van der Waals surface area contributed by atoms with E-state index in [0.29, 0.717) is 31.1 Å². The average Bonchev–Trinajstić information content (AvgIpc) is 2.96. The van der Waals surface area contributed by atoms with E-state index in [0.717, 1.165) is 16.7 Å². The van der Waals surface area contributed by atoms with Gasteiger partial charge in [-0.1, -0.05) is 30.3 Å². The highest BCUT2D eigenvalue weighted by Gasteiger charge is 2.24. The van der Waals surface area contributed by atoms with Crippen LogP contribution < -0.4 is 4.74 Å². The number of ether oxygens (including phenoxy) is 1. The Balaban J connectivity index is 1.66. The van der Waals surface area contributed by atoms with Gasteiger partial charge in [0.15, 0.2) is 0 Å². The lowest BCUT2D eigenvalue weighted by Gasteiger charge is -2.21. The van der Waals surface area contributed by atoms with Crippen LogP contribution in [-0.4, -0.2) is 33.9 Å². The van der Waals surface area contributed by atoms with Gasteiger partial charge in [-0.15, -0.1) is 0 Å². The summed E-state index contributed by atoms with van der Waals surface area (Å²) in [6.07, 6.45) is 1.70. The maximum Gasteiger partial charge on any atom is 0.269 e. The number of rotatable bonds is 3. The number of amides is 1. The summed E-state index contributed by atoms with van der Waals surface area (Å²) in [6.45, 7) is 1.08. The summed E-state index contributed by atoms with van der Waals surface area (Å²) in [5.74, 6) is 0.328. The van der Waals surface area contributed by atoms with Crippen molar-refractivity contribution in [2.75, 3.05) is 13.2 Å². The highest BCUT2D eigenvalue weighted by atomic mass is 16.6. The lowest BCUT2D eigenvalue weighted by atomic mass is 10.0. The van der Waals surface area contributed by atoms with Gasteiger partial charge in [-0.2, -0.15) is 0 Å². The van der Waals surface area contributed by atoms with Crippen LogP contribution in [0.5, 0.6) is 5.88 Å². The molecule has 1 amide bonds. The van der Waals surface area contributed by atoms with Crippen molar-refractivity contribution in [3.63, 3.8) is 0 Å². The van der Waals surface area contributed by atoms with Gasteiger partial charge in [0.25, 0.3) is 11.6 Å². The molecule has 3 aromatic rings. The number of nitro benzene ring substituents is 1. The number of nitrogens with zero attached hydrogens (tertiary/aromatic N) is 3. The van der Waals surface area contributed by atoms with Crippen LogP contribution in [0.1, 0.15) is 15.9 Å². The SMILES string of the molecule is O=C(c1ccc([N+](=O)[O-])cc1)N1CCOc2nccc(-c3ccccc3)c2C1. The topological polar surface area (TPSA) is 85.6 Å². The van der Waals surface area contributed by atoms with Gasteiger partial charge >= 0.3 is 0 Å². The van der Waals surface area contributed by atoms with Gasteiger partial charge in [-0.3, -0.25) is 14.9 Å². The first-order valence-corrected chi connectivity index (χ1v) is 8.83. The van der Waals surface area contributed by atoms with Crippen molar-refractivity contribution in [2.45, 2.75) is 6.54 Å². The highest BCUT2D eigenvalue weighted by molar-refractivity contribution is 5.94. The number of benzene rings is 2. The quantitative estimate of drug-likeness (QED) is 0.515. The molecule has 1 aliphatic rings. The van der Waals surface area contributed by atoms with Gasteiger partial charge in [-0.05, 0) is 29.3 Å². The van der Waals surface area contributed by atoms with Gasteiger partial charge in [-0.25, -0.2) is 4.98 Å². The second-order valence-corrected chi connectivity index (χ2v) is 6.39. The average molecular weight is 375 g/mol. The molecule has 0 radical (unpaired) electrons. The summed E-state index contributed by atoms with van der Waals surface area (Å²) in [6, 6.07) is 17.4. The van der Waals surface area contributed by atoms with E-state index in [9.17, 15) is 14.9 Å². The van der Waals surface area contributed by atoms with Crippen molar-refractivity contribution in [3.8, 4) is 17.0 Å².